The van der Waals surface area contributed by atoms with Crippen LogP contribution in [-0.4, -0.2) is 0 Å². The maximum atomic E-state index is 2.50. The van der Waals surface area contributed by atoms with Gasteiger partial charge in [-0.2, -0.15) is 0 Å². The lowest BCUT2D eigenvalue weighted by atomic mass is 9.82. The average Bonchev–Trinajstić information content (AvgIpc) is 3.88. The van der Waals surface area contributed by atoms with Crippen LogP contribution in [0.1, 0.15) is 45.2 Å². The summed E-state index contributed by atoms with van der Waals surface area (Å²) in [7, 11) is 0. The average molecular weight is 787 g/mol. The third-order valence-electron chi connectivity index (χ3n) is 13.2. The van der Waals surface area contributed by atoms with Crippen LogP contribution in [0.2, 0.25) is 0 Å². The Kier molecular flexibility index (Phi) is 8.75. The van der Waals surface area contributed by atoms with Crippen LogP contribution < -0.4 is 0 Å². The van der Waals surface area contributed by atoms with Crippen LogP contribution in [0.25, 0.3) is 77.9 Å². The van der Waals surface area contributed by atoms with E-state index >= 15 is 0 Å². The van der Waals surface area contributed by atoms with E-state index in [-0.39, 0.29) is 11.8 Å². The number of benzene rings is 10. The van der Waals surface area contributed by atoms with Gasteiger partial charge < -0.3 is 0 Å². The van der Waals surface area contributed by atoms with Gasteiger partial charge in [-0.1, -0.05) is 224 Å². The van der Waals surface area contributed by atoms with Gasteiger partial charge in [0.2, 0.25) is 0 Å². The molecule has 0 fully saturated rings. The normalized spacial score (nSPS) is 12.7. The second-order valence-corrected chi connectivity index (χ2v) is 16.8. The molecular weight excluding hydrogens is 745 g/mol. The topological polar surface area (TPSA) is 0 Å². The van der Waals surface area contributed by atoms with Crippen molar-refractivity contribution >= 4 is 0 Å². The first kappa shape index (κ1) is 36.1. The molecule has 2 aliphatic rings. The SMILES string of the molecule is c1ccc(-c2cc(-c3ccccc3)cc(-c3ccc(-c4ccc(-c5cc(C6c7ccccc7-c7ccccc76)cc(C6c7ccccc7-c7ccccc76)c5)cc4)cc3)c2)cc1. The van der Waals surface area contributed by atoms with E-state index in [9.17, 15) is 0 Å². The van der Waals surface area contributed by atoms with E-state index in [4.69, 9.17) is 0 Å². The molecule has 0 heteroatoms. The van der Waals surface area contributed by atoms with Gasteiger partial charge in [0, 0.05) is 11.8 Å². The summed E-state index contributed by atoms with van der Waals surface area (Å²) < 4.78 is 0. The van der Waals surface area contributed by atoms with E-state index < -0.39 is 0 Å². The molecule has 62 heavy (non-hydrogen) atoms. The third-order valence-corrected chi connectivity index (χ3v) is 13.2. The minimum atomic E-state index is 0.155. The zero-order chi connectivity index (χ0) is 41.0. The Bertz CT molecular complexity index is 3000. The molecule has 0 amide bonds. The summed E-state index contributed by atoms with van der Waals surface area (Å²) in [5, 5.41) is 0. The smallest absolute Gasteiger partial charge is 0.0352 e. The second-order valence-electron chi connectivity index (χ2n) is 16.8. The molecule has 0 bridgehead atoms. The maximum absolute atomic E-state index is 2.50. The molecule has 0 nitrogen and oxygen atoms in total. The first-order valence-corrected chi connectivity index (χ1v) is 21.7. The Morgan fingerprint density at radius 1 is 0.177 bits per heavy atom. The first-order valence-electron chi connectivity index (χ1n) is 21.7. The van der Waals surface area contributed by atoms with Crippen molar-refractivity contribution in [1.29, 1.82) is 0 Å². The molecule has 2 aliphatic carbocycles. The molecule has 12 rings (SSSR count). The summed E-state index contributed by atoms with van der Waals surface area (Å²) in [6.45, 7) is 0. The molecule has 0 atom stereocenters. The van der Waals surface area contributed by atoms with Gasteiger partial charge in [0.05, 0.1) is 0 Å². The summed E-state index contributed by atoms with van der Waals surface area (Å²) in [5.74, 6) is 0.311. The molecule has 290 valence electrons. The van der Waals surface area contributed by atoms with Gasteiger partial charge in [-0.25, -0.2) is 0 Å². The fourth-order valence-corrected chi connectivity index (χ4v) is 10.3. The molecule has 0 unspecified atom stereocenters. The molecule has 0 saturated carbocycles. The third kappa shape index (κ3) is 6.23. The van der Waals surface area contributed by atoms with E-state index in [0.29, 0.717) is 0 Å². The fourth-order valence-electron chi connectivity index (χ4n) is 10.3. The summed E-state index contributed by atoms with van der Waals surface area (Å²) in [5.41, 5.74) is 25.7. The summed E-state index contributed by atoms with van der Waals surface area (Å²) in [6, 6.07) is 90.0. The molecule has 0 saturated heterocycles. The van der Waals surface area contributed by atoms with Gasteiger partial charge in [0.15, 0.2) is 0 Å². The highest BCUT2D eigenvalue weighted by Gasteiger charge is 2.33. The van der Waals surface area contributed by atoms with Crippen molar-refractivity contribution in [2.24, 2.45) is 0 Å². The lowest BCUT2D eigenvalue weighted by Crippen LogP contribution is -2.05. The Balaban J connectivity index is 0.929. The largest absolute Gasteiger partial charge is 0.0622 e. The van der Waals surface area contributed by atoms with E-state index in [1.54, 1.807) is 0 Å². The van der Waals surface area contributed by atoms with Gasteiger partial charge in [-0.3, -0.25) is 0 Å². The predicted octanol–water partition coefficient (Wildman–Crippen LogP) is 16.3. The number of fused-ring (bicyclic) bond motifs is 6. The summed E-state index contributed by atoms with van der Waals surface area (Å²) >= 11 is 0. The molecule has 0 spiro atoms. The molecule has 0 radical (unpaired) electrons. The predicted molar refractivity (Wildman–Crippen MR) is 259 cm³/mol. The zero-order valence-corrected chi connectivity index (χ0v) is 34.2. The van der Waals surface area contributed by atoms with Gasteiger partial charge in [-0.15, -0.1) is 0 Å². The van der Waals surface area contributed by atoms with Gasteiger partial charge in [0.1, 0.15) is 0 Å². The Morgan fingerprint density at radius 3 is 0.742 bits per heavy atom. The van der Waals surface area contributed by atoms with Crippen molar-refractivity contribution in [1.82, 2.24) is 0 Å². The van der Waals surface area contributed by atoms with Crippen LogP contribution in [0, 0.1) is 0 Å². The van der Waals surface area contributed by atoms with Gasteiger partial charge in [-0.05, 0) is 129 Å². The Labute approximate surface area is 364 Å². The first-order chi connectivity index (χ1) is 30.7. The Hall–Kier alpha value is -7.80. The molecule has 10 aromatic carbocycles. The zero-order valence-electron chi connectivity index (χ0n) is 34.2. The molecule has 10 aromatic rings. The van der Waals surface area contributed by atoms with Crippen molar-refractivity contribution in [3.05, 3.63) is 276 Å². The molecule has 0 heterocycles. The van der Waals surface area contributed by atoms with Gasteiger partial charge >= 0.3 is 0 Å². The molecule has 0 aliphatic heterocycles. The molecule has 0 N–H and O–H groups in total. The molecule has 0 aromatic heterocycles. The summed E-state index contributed by atoms with van der Waals surface area (Å²) in [4.78, 5) is 0. The Morgan fingerprint density at radius 2 is 0.419 bits per heavy atom. The van der Waals surface area contributed by atoms with Crippen LogP contribution in [0.3, 0.4) is 0 Å². The second kappa shape index (κ2) is 15.0. The van der Waals surface area contributed by atoms with Crippen molar-refractivity contribution < 1.29 is 0 Å². The lowest BCUT2D eigenvalue weighted by molar-refractivity contribution is 0.974. The van der Waals surface area contributed by atoms with Crippen LogP contribution in [0.5, 0.6) is 0 Å². The number of hydrogen-bond donors (Lipinski definition) is 0. The monoisotopic (exact) mass is 786 g/mol. The maximum Gasteiger partial charge on any atom is 0.0352 e. The molecular formula is C62H42. The van der Waals surface area contributed by atoms with E-state index in [0.717, 1.165) is 0 Å². The van der Waals surface area contributed by atoms with Crippen molar-refractivity contribution in [3.8, 4) is 77.9 Å². The minimum Gasteiger partial charge on any atom is -0.0622 e. The number of hydrogen-bond acceptors (Lipinski definition) is 0. The van der Waals surface area contributed by atoms with Crippen LogP contribution in [0.4, 0.5) is 0 Å². The van der Waals surface area contributed by atoms with Crippen LogP contribution in [-0.2, 0) is 0 Å². The van der Waals surface area contributed by atoms with E-state index in [1.807, 2.05) is 0 Å². The van der Waals surface area contributed by atoms with Crippen molar-refractivity contribution in [2.45, 2.75) is 11.8 Å². The highest BCUT2D eigenvalue weighted by atomic mass is 14.4. The minimum absolute atomic E-state index is 0.155. The van der Waals surface area contributed by atoms with Crippen LogP contribution in [0.15, 0.2) is 243 Å². The lowest BCUT2D eigenvalue weighted by Gasteiger charge is -2.21. The summed E-state index contributed by atoms with van der Waals surface area (Å²) in [6.07, 6.45) is 0. The standard InChI is InChI=1S/C62H42/c1-3-15-41(16-4-1)47-35-48(42-17-5-2-6-18-42)37-49(36-47)45-31-27-43(28-32-45)44-29-33-46(34-30-44)50-38-51(61-57-23-11-7-19-53(57)54-20-8-12-24-58(54)61)40-52(39-50)62-59-25-13-9-21-55(59)56-22-10-14-26-60(56)62/h1-40,61-62H. The van der Waals surface area contributed by atoms with E-state index in [1.165, 1.54) is 111 Å². The van der Waals surface area contributed by atoms with Gasteiger partial charge in [0.25, 0.3) is 0 Å². The van der Waals surface area contributed by atoms with Crippen LogP contribution >= 0.6 is 0 Å². The quantitative estimate of drug-likeness (QED) is 0.151. The highest BCUT2D eigenvalue weighted by molar-refractivity contribution is 5.85. The van der Waals surface area contributed by atoms with Crippen molar-refractivity contribution in [3.63, 3.8) is 0 Å². The van der Waals surface area contributed by atoms with E-state index in [2.05, 4.69) is 243 Å². The highest BCUT2D eigenvalue weighted by Crippen LogP contribution is 2.52. The van der Waals surface area contributed by atoms with Crippen molar-refractivity contribution in [2.75, 3.05) is 0 Å². The number of rotatable bonds is 7. The fraction of sp³-hybridized carbons (Fsp3) is 0.0323.